The Morgan fingerprint density at radius 2 is 2.22 bits per heavy atom. The molecule has 0 aliphatic carbocycles. The first-order valence-corrected chi connectivity index (χ1v) is 6.75. The molecule has 0 aliphatic heterocycles. The minimum Gasteiger partial charge on any atom is -0.477 e. The average molecular weight is 270 g/mol. The minimum atomic E-state index is -0.926. The first kappa shape index (κ1) is 14.7. The Balaban J connectivity index is 2.47. The summed E-state index contributed by atoms with van der Waals surface area (Å²) >= 11 is 1.19. The highest BCUT2D eigenvalue weighted by Crippen LogP contribution is 2.16. The largest absolute Gasteiger partial charge is 0.477 e. The second-order valence-corrected chi connectivity index (χ2v) is 4.89. The molecule has 0 radical (unpaired) electrons. The van der Waals surface area contributed by atoms with Crippen molar-refractivity contribution in [3.8, 4) is 0 Å². The lowest BCUT2D eigenvalue weighted by Crippen LogP contribution is -2.42. The molecule has 1 aromatic heterocycles. The molecule has 1 unspecified atom stereocenters. The van der Waals surface area contributed by atoms with Crippen LogP contribution in [-0.4, -0.2) is 29.6 Å². The van der Waals surface area contributed by atoms with Crippen LogP contribution in [0.4, 0.5) is 0 Å². The van der Waals surface area contributed by atoms with Gasteiger partial charge < -0.3 is 15.7 Å². The molecule has 0 aliphatic rings. The van der Waals surface area contributed by atoms with Gasteiger partial charge in [0.15, 0.2) is 0 Å². The summed E-state index contributed by atoms with van der Waals surface area (Å²) in [6.45, 7) is 4.79. The molecule has 0 fully saturated rings. The first-order valence-electron chi connectivity index (χ1n) is 5.87. The van der Waals surface area contributed by atoms with Gasteiger partial charge in [0.05, 0.1) is 6.04 Å². The van der Waals surface area contributed by atoms with Crippen molar-refractivity contribution in [2.45, 2.75) is 32.9 Å². The van der Waals surface area contributed by atoms with Crippen LogP contribution >= 0.6 is 11.3 Å². The summed E-state index contributed by atoms with van der Waals surface area (Å²) in [6, 6.07) is 1.43. The fraction of sp³-hybridized carbons (Fsp3) is 0.500. The average Bonchev–Trinajstić information content (AvgIpc) is 2.81. The van der Waals surface area contributed by atoms with Gasteiger partial charge in [-0.1, -0.05) is 6.92 Å². The number of nitrogens with one attached hydrogen (secondary N) is 2. The van der Waals surface area contributed by atoms with Gasteiger partial charge in [0.2, 0.25) is 5.91 Å². The smallest absolute Gasteiger partial charge is 0.346 e. The molecule has 18 heavy (non-hydrogen) atoms. The van der Waals surface area contributed by atoms with Crippen LogP contribution in [0.1, 0.15) is 35.5 Å². The van der Waals surface area contributed by atoms with E-state index >= 15 is 0 Å². The lowest BCUT2D eigenvalue weighted by Gasteiger charge is -2.13. The van der Waals surface area contributed by atoms with E-state index in [2.05, 4.69) is 10.6 Å². The van der Waals surface area contributed by atoms with Crippen molar-refractivity contribution in [3.05, 3.63) is 21.9 Å². The van der Waals surface area contributed by atoms with Crippen LogP contribution in [-0.2, 0) is 11.3 Å². The fourth-order valence-corrected chi connectivity index (χ4v) is 2.18. The number of hydrogen-bond acceptors (Lipinski definition) is 4. The van der Waals surface area contributed by atoms with Gasteiger partial charge in [-0.3, -0.25) is 4.79 Å². The molecule has 1 amide bonds. The quantitative estimate of drug-likeness (QED) is 0.700. The Morgan fingerprint density at radius 1 is 1.50 bits per heavy atom. The third-order valence-corrected chi connectivity index (χ3v) is 3.43. The highest BCUT2D eigenvalue weighted by atomic mass is 32.1. The highest BCUT2D eigenvalue weighted by molar-refractivity contribution is 7.12. The SMILES string of the molecule is CCCNC(=O)C(C)NCc1ccsc1C(=O)O. The molecule has 0 saturated heterocycles. The number of thiophene rings is 1. The van der Waals surface area contributed by atoms with E-state index in [4.69, 9.17) is 5.11 Å². The summed E-state index contributed by atoms with van der Waals surface area (Å²) in [5.41, 5.74) is 0.711. The van der Waals surface area contributed by atoms with E-state index in [0.717, 1.165) is 6.42 Å². The maximum Gasteiger partial charge on any atom is 0.346 e. The summed E-state index contributed by atoms with van der Waals surface area (Å²) in [6.07, 6.45) is 0.895. The number of aromatic carboxylic acids is 1. The van der Waals surface area contributed by atoms with Crippen molar-refractivity contribution in [2.75, 3.05) is 6.54 Å². The Kier molecular flexibility index (Phi) is 5.80. The second-order valence-electron chi connectivity index (χ2n) is 3.97. The van der Waals surface area contributed by atoms with Gasteiger partial charge in [0.25, 0.3) is 0 Å². The molecule has 1 aromatic rings. The molecule has 0 spiro atoms. The molecule has 3 N–H and O–H groups in total. The third kappa shape index (κ3) is 4.12. The first-order chi connectivity index (χ1) is 8.56. The standard InChI is InChI=1S/C12H18N2O3S/c1-3-5-13-11(15)8(2)14-7-9-4-6-18-10(9)12(16)17/h4,6,8,14H,3,5,7H2,1-2H3,(H,13,15)(H,16,17). The number of carbonyl (C=O) groups is 2. The number of carbonyl (C=O) groups excluding carboxylic acids is 1. The van der Waals surface area contributed by atoms with Crippen molar-refractivity contribution >= 4 is 23.2 Å². The van der Waals surface area contributed by atoms with Gasteiger partial charge in [-0.05, 0) is 30.4 Å². The van der Waals surface area contributed by atoms with Crippen molar-refractivity contribution in [2.24, 2.45) is 0 Å². The molecule has 5 nitrogen and oxygen atoms in total. The number of amides is 1. The Bertz CT molecular complexity index is 417. The summed E-state index contributed by atoms with van der Waals surface area (Å²) in [7, 11) is 0. The van der Waals surface area contributed by atoms with Crippen LogP contribution in [0.3, 0.4) is 0 Å². The lowest BCUT2D eigenvalue weighted by molar-refractivity contribution is -0.122. The topological polar surface area (TPSA) is 78.4 Å². The zero-order valence-corrected chi connectivity index (χ0v) is 11.3. The van der Waals surface area contributed by atoms with E-state index in [1.165, 1.54) is 11.3 Å². The Hall–Kier alpha value is -1.40. The predicted molar refractivity (Wildman–Crippen MR) is 70.9 cm³/mol. The molecule has 0 aromatic carbocycles. The number of hydrogen-bond donors (Lipinski definition) is 3. The fourth-order valence-electron chi connectivity index (χ4n) is 1.42. The van der Waals surface area contributed by atoms with Crippen molar-refractivity contribution in [1.29, 1.82) is 0 Å². The van der Waals surface area contributed by atoms with E-state index < -0.39 is 5.97 Å². The normalized spacial score (nSPS) is 12.1. The Morgan fingerprint density at radius 3 is 2.83 bits per heavy atom. The van der Waals surface area contributed by atoms with E-state index in [0.29, 0.717) is 23.5 Å². The molecular formula is C12H18N2O3S. The molecule has 1 rings (SSSR count). The summed E-state index contributed by atoms with van der Waals surface area (Å²) in [4.78, 5) is 22.8. The summed E-state index contributed by atoms with van der Waals surface area (Å²) < 4.78 is 0. The molecule has 0 bridgehead atoms. The van der Waals surface area contributed by atoms with Gasteiger partial charge in [0.1, 0.15) is 4.88 Å². The van der Waals surface area contributed by atoms with Crippen molar-refractivity contribution < 1.29 is 14.7 Å². The van der Waals surface area contributed by atoms with E-state index in [1.54, 1.807) is 18.4 Å². The van der Waals surface area contributed by atoms with Crippen molar-refractivity contribution in [3.63, 3.8) is 0 Å². The maximum absolute atomic E-state index is 11.6. The van der Waals surface area contributed by atoms with Crippen LogP contribution in [0, 0.1) is 0 Å². The highest BCUT2D eigenvalue weighted by Gasteiger charge is 2.15. The minimum absolute atomic E-state index is 0.0658. The van der Waals surface area contributed by atoms with Crippen LogP contribution in [0.25, 0.3) is 0 Å². The van der Waals surface area contributed by atoms with Gasteiger partial charge >= 0.3 is 5.97 Å². The van der Waals surface area contributed by atoms with Crippen LogP contribution in [0.5, 0.6) is 0 Å². The number of carboxylic acids is 1. The van der Waals surface area contributed by atoms with Crippen LogP contribution in [0.15, 0.2) is 11.4 Å². The van der Waals surface area contributed by atoms with Crippen LogP contribution in [0.2, 0.25) is 0 Å². The van der Waals surface area contributed by atoms with Gasteiger partial charge in [0, 0.05) is 13.1 Å². The summed E-state index contributed by atoms with van der Waals surface area (Å²) in [5.74, 6) is -0.992. The molecule has 1 atom stereocenters. The van der Waals surface area contributed by atoms with Crippen molar-refractivity contribution in [1.82, 2.24) is 10.6 Å². The third-order valence-electron chi connectivity index (χ3n) is 2.48. The van der Waals surface area contributed by atoms with Crippen LogP contribution < -0.4 is 10.6 Å². The summed E-state index contributed by atoms with van der Waals surface area (Å²) in [5, 5.41) is 16.5. The number of rotatable bonds is 7. The molecular weight excluding hydrogens is 252 g/mol. The predicted octanol–water partition coefficient (Wildman–Crippen LogP) is 1.45. The van der Waals surface area contributed by atoms with E-state index in [-0.39, 0.29) is 11.9 Å². The van der Waals surface area contributed by atoms with Gasteiger partial charge in [-0.2, -0.15) is 0 Å². The molecule has 100 valence electrons. The van der Waals surface area contributed by atoms with E-state index in [9.17, 15) is 9.59 Å². The monoisotopic (exact) mass is 270 g/mol. The molecule has 1 heterocycles. The van der Waals surface area contributed by atoms with Gasteiger partial charge in [-0.15, -0.1) is 11.3 Å². The lowest BCUT2D eigenvalue weighted by atomic mass is 10.2. The molecule has 6 heteroatoms. The van der Waals surface area contributed by atoms with Gasteiger partial charge in [-0.25, -0.2) is 4.79 Å². The molecule has 0 saturated carbocycles. The number of carboxylic acid groups (broad SMARTS) is 1. The maximum atomic E-state index is 11.6. The zero-order chi connectivity index (χ0) is 13.5. The Labute approximate surface area is 110 Å². The zero-order valence-electron chi connectivity index (χ0n) is 10.5. The van der Waals surface area contributed by atoms with E-state index in [1.807, 2.05) is 6.92 Å². The second kappa shape index (κ2) is 7.13.